The number of benzene rings is 4. The molecule has 0 N–H and O–H groups in total. The average Bonchev–Trinajstić information content (AvgIpc) is 3.02. The Hall–Kier alpha value is -4.79. The Kier molecular flexibility index (Phi) is 7.38. The number of hydrogen-bond acceptors (Lipinski definition) is 1. The molecular formula is C37H27OS+. The van der Waals surface area contributed by atoms with E-state index in [0.717, 1.165) is 28.2 Å². The van der Waals surface area contributed by atoms with Gasteiger partial charge < -0.3 is 4.74 Å². The lowest BCUT2D eigenvalue weighted by molar-refractivity contribution is 0.398. The fraction of sp³-hybridized carbons (Fsp3) is 0. The predicted octanol–water partition coefficient (Wildman–Crippen LogP) is 10.4. The molecule has 0 fully saturated rings. The van der Waals surface area contributed by atoms with Crippen LogP contribution in [0.1, 0.15) is 16.0 Å². The molecule has 6 rings (SSSR count). The molecule has 1 aliphatic heterocycles. The quantitative estimate of drug-likeness (QED) is 0.203. The van der Waals surface area contributed by atoms with Crippen LogP contribution in [0.15, 0.2) is 164 Å². The molecular weight excluding hydrogens is 492 g/mol. The van der Waals surface area contributed by atoms with Crippen LogP contribution in [0, 0.1) is 0 Å². The molecule has 1 nitrogen and oxygen atoms in total. The molecule has 0 spiro atoms. The van der Waals surface area contributed by atoms with Crippen molar-refractivity contribution < 1.29 is 4.74 Å². The Bertz CT molecular complexity index is 1620. The van der Waals surface area contributed by atoms with Gasteiger partial charge in [0.25, 0.3) is 0 Å². The second-order valence-corrected chi connectivity index (χ2v) is 10.3. The molecule has 0 radical (unpaired) electrons. The van der Waals surface area contributed by atoms with Crippen molar-refractivity contribution in [3.63, 3.8) is 0 Å². The van der Waals surface area contributed by atoms with E-state index in [1.54, 1.807) is 11.3 Å². The summed E-state index contributed by atoms with van der Waals surface area (Å²) < 4.78 is 6.35. The standard InChI is InChI=1S/C37H27OS/c1-5-14-28(15-6-1)32-24-34(38-36(26-32)30-18-9-3-10-19-30)22-13-23-35-25-33(29-16-7-2-8-17-29)27-37(39-35)31-20-11-4-12-21-31/h1-27H/q+1/b23-13+,34-22-. The summed E-state index contributed by atoms with van der Waals surface area (Å²) in [4.78, 5) is 2.41. The van der Waals surface area contributed by atoms with Crippen LogP contribution in [0.5, 0.6) is 0 Å². The molecule has 2 heterocycles. The minimum atomic E-state index is 0.805. The van der Waals surface area contributed by atoms with Crippen LogP contribution >= 0.6 is 11.3 Å². The second-order valence-electron chi connectivity index (χ2n) is 9.22. The van der Waals surface area contributed by atoms with Crippen LogP contribution in [0.2, 0.25) is 0 Å². The fourth-order valence-electron chi connectivity index (χ4n) is 4.53. The molecule has 186 valence electrons. The lowest BCUT2D eigenvalue weighted by Crippen LogP contribution is -1.98. The molecule has 0 saturated heterocycles. The summed E-state index contributed by atoms with van der Waals surface area (Å²) in [6.07, 6.45) is 10.5. The third-order valence-corrected chi connectivity index (χ3v) is 7.54. The van der Waals surface area contributed by atoms with E-state index >= 15 is 0 Å². The van der Waals surface area contributed by atoms with E-state index in [2.05, 4.69) is 133 Å². The lowest BCUT2D eigenvalue weighted by atomic mass is 10.0. The zero-order chi connectivity index (χ0) is 26.3. The van der Waals surface area contributed by atoms with Crippen LogP contribution < -0.4 is 0 Å². The van der Waals surface area contributed by atoms with Gasteiger partial charge in [0.05, 0.1) is 0 Å². The number of allylic oxidation sites excluding steroid dienone is 5. The maximum atomic E-state index is 6.35. The summed E-state index contributed by atoms with van der Waals surface area (Å²) in [6.45, 7) is 0. The first-order valence-corrected chi connectivity index (χ1v) is 13.8. The first kappa shape index (κ1) is 24.5. The van der Waals surface area contributed by atoms with Crippen molar-refractivity contribution in [1.29, 1.82) is 0 Å². The summed E-state index contributed by atoms with van der Waals surface area (Å²) in [6, 6.07) is 46.3. The highest BCUT2D eigenvalue weighted by atomic mass is 32.1. The lowest BCUT2D eigenvalue weighted by Gasteiger charge is -2.18. The third kappa shape index (κ3) is 6.04. The van der Waals surface area contributed by atoms with Crippen LogP contribution in [-0.4, -0.2) is 0 Å². The molecule has 0 bridgehead atoms. The molecule has 0 aliphatic carbocycles. The Labute approximate surface area is 234 Å². The van der Waals surface area contributed by atoms with Crippen molar-refractivity contribution in [3.05, 3.63) is 180 Å². The van der Waals surface area contributed by atoms with Crippen molar-refractivity contribution in [3.8, 4) is 21.6 Å². The minimum Gasteiger partial charge on any atom is -0.457 e. The van der Waals surface area contributed by atoms with Gasteiger partial charge in [0.15, 0.2) is 0 Å². The van der Waals surface area contributed by atoms with E-state index in [-0.39, 0.29) is 0 Å². The van der Waals surface area contributed by atoms with E-state index in [1.807, 2.05) is 30.3 Å². The van der Waals surface area contributed by atoms with Crippen LogP contribution in [0.4, 0.5) is 0 Å². The van der Waals surface area contributed by atoms with E-state index in [9.17, 15) is 0 Å². The van der Waals surface area contributed by atoms with Gasteiger partial charge >= 0.3 is 0 Å². The van der Waals surface area contributed by atoms with Gasteiger partial charge in [-0.1, -0.05) is 115 Å². The Morgan fingerprint density at radius 1 is 0.513 bits per heavy atom. The first-order chi connectivity index (χ1) is 19.3. The molecule has 5 aromatic rings. The topological polar surface area (TPSA) is 9.23 Å². The number of hydrogen-bond donors (Lipinski definition) is 0. The maximum Gasteiger partial charge on any atom is 0.239 e. The van der Waals surface area contributed by atoms with Gasteiger partial charge in [0, 0.05) is 29.3 Å². The molecule has 4 aromatic carbocycles. The number of ether oxygens (including phenoxy) is 1. The van der Waals surface area contributed by atoms with Crippen LogP contribution in [0.25, 0.3) is 39.0 Å². The minimum absolute atomic E-state index is 0.805. The smallest absolute Gasteiger partial charge is 0.239 e. The molecule has 39 heavy (non-hydrogen) atoms. The summed E-state index contributed by atoms with van der Waals surface area (Å²) in [5.74, 6) is 1.65. The van der Waals surface area contributed by atoms with Gasteiger partial charge in [-0.2, -0.15) is 0 Å². The van der Waals surface area contributed by atoms with E-state index < -0.39 is 0 Å². The molecule has 0 atom stereocenters. The molecule has 2 heteroatoms. The summed E-state index contributed by atoms with van der Waals surface area (Å²) >= 11 is 1.78. The van der Waals surface area contributed by atoms with Crippen molar-refractivity contribution in [1.82, 2.24) is 0 Å². The van der Waals surface area contributed by atoms with Crippen LogP contribution in [0.3, 0.4) is 0 Å². The second kappa shape index (κ2) is 11.7. The highest BCUT2D eigenvalue weighted by Crippen LogP contribution is 2.34. The highest BCUT2D eigenvalue weighted by molar-refractivity contribution is 7.16. The van der Waals surface area contributed by atoms with Gasteiger partial charge in [-0.3, -0.25) is 0 Å². The van der Waals surface area contributed by atoms with Gasteiger partial charge in [-0.25, -0.2) is 0 Å². The van der Waals surface area contributed by atoms with Crippen molar-refractivity contribution in [2.24, 2.45) is 0 Å². The summed E-state index contributed by atoms with van der Waals surface area (Å²) in [7, 11) is 0. The molecule has 1 aromatic heterocycles. The predicted molar refractivity (Wildman–Crippen MR) is 167 cm³/mol. The largest absolute Gasteiger partial charge is 0.457 e. The van der Waals surface area contributed by atoms with E-state index in [0.29, 0.717) is 0 Å². The van der Waals surface area contributed by atoms with Crippen molar-refractivity contribution in [2.75, 3.05) is 0 Å². The molecule has 0 saturated carbocycles. The normalized spacial score (nSPS) is 14.1. The fourth-order valence-corrected chi connectivity index (χ4v) is 5.56. The number of rotatable bonds is 6. The molecule has 0 amide bonds. The van der Waals surface area contributed by atoms with Crippen molar-refractivity contribution in [2.45, 2.75) is 0 Å². The Morgan fingerprint density at radius 3 is 1.72 bits per heavy atom. The highest BCUT2D eigenvalue weighted by Gasteiger charge is 2.17. The van der Waals surface area contributed by atoms with Crippen LogP contribution in [-0.2, 0) is 4.74 Å². The zero-order valence-corrected chi connectivity index (χ0v) is 22.2. The Morgan fingerprint density at radius 2 is 1.08 bits per heavy atom. The van der Waals surface area contributed by atoms with E-state index in [4.69, 9.17) is 4.74 Å². The molecule has 1 aliphatic rings. The third-order valence-electron chi connectivity index (χ3n) is 6.48. The zero-order valence-electron chi connectivity index (χ0n) is 21.4. The van der Waals surface area contributed by atoms with E-state index in [1.165, 1.54) is 26.4 Å². The summed E-state index contributed by atoms with van der Waals surface area (Å²) in [5.41, 5.74) is 6.97. The summed E-state index contributed by atoms with van der Waals surface area (Å²) in [5, 5.41) is 0. The first-order valence-electron chi connectivity index (χ1n) is 13.0. The average molecular weight is 520 g/mol. The SMILES string of the molecule is C1=C(c2ccccc2)C=C(c2ccccc2)O/C1=C\C=C\c1cc(-c2ccccc2)cc(-c2ccccc2)[s+]1. The molecule has 0 unspecified atom stereocenters. The Balaban J connectivity index is 1.36. The van der Waals surface area contributed by atoms with Gasteiger partial charge in [-0.15, -0.1) is 0 Å². The van der Waals surface area contributed by atoms with Crippen molar-refractivity contribution >= 4 is 28.7 Å². The van der Waals surface area contributed by atoms with Gasteiger partial charge in [-0.05, 0) is 52.6 Å². The van der Waals surface area contributed by atoms with Gasteiger partial charge in [0.1, 0.15) is 11.5 Å². The van der Waals surface area contributed by atoms with Gasteiger partial charge in [0.2, 0.25) is 21.1 Å². The maximum absolute atomic E-state index is 6.35. The monoisotopic (exact) mass is 519 g/mol.